The van der Waals surface area contributed by atoms with Gasteiger partial charge in [0, 0.05) is 6.20 Å². The van der Waals surface area contributed by atoms with Crippen molar-refractivity contribution in [2.75, 3.05) is 5.88 Å². The van der Waals surface area contributed by atoms with Gasteiger partial charge in [-0.05, 0) is 6.07 Å². The van der Waals surface area contributed by atoms with Crippen molar-refractivity contribution in [1.82, 2.24) is 4.98 Å². The topological polar surface area (TPSA) is 30.0 Å². The molecular weight excluding hydrogens is 204 g/mol. The Hall–Kier alpha value is -0.670. The SMILES string of the molecule is O=C(CCl)c1ncc(Cl)cc1F. The van der Waals surface area contributed by atoms with Gasteiger partial charge in [-0.2, -0.15) is 0 Å². The van der Waals surface area contributed by atoms with Crippen molar-refractivity contribution in [3.63, 3.8) is 0 Å². The summed E-state index contributed by atoms with van der Waals surface area (Å²) in [6.45, 7) is 0. The minimum absolute atomic E-state index is 0.152. The zero-order valence-corrected chi connectivity index (χ0v) is 7.36. The van der Waals surface area contributed by atoms with Gasteiger partial charge in [-0.1, -0.05) is 11.6 Å². The van der Waals surface area contributed by atoms with Gasteiger partial charge in [0.05, 0.1) is 10.9 Å². The predicted octanol–water partition coefficient (Wildman–Crippen LogP) is 2.30. The molecule has 0 atom stereocenters. The Kier molecular flexibility index (Phi) is 3.00. The fraction of sp³-hybridized carbons (Fsp3) is 0.143. The maximum atomic E-state index is 12.9. The maximum absolute atomic E-state index is 12.9. The first-order valence-electron chi connectivity index (χ1n) is 3.05. The van der Waals surface area contributed by atoms with Gasteiger partial charge in [0.15, 0.2) is 11.6 Å². The van der Waals surface area contributed by atoms with Gasteiger partial charge in [-0.3, -0.25) is 4.79 Å². The van der Waals surface area contributed by atoms with E-state index in [0.29, 0.717) is 0 Å². The van der Waals surface area contributed by atoms with Crippen molar-refractivity contribution >= 4 is 29.0 Å². The van der Waals surface area contributed by atoms with Gasteiger partial charge >= 0.3 is 0 Å². The Labute approximate surface area is 78.3 Å². The number of carbonyl (C=O) groups excluding carboxylic acids is 1. The van der Waals surface area contributed by atoms with E-state index in [4.69, 9.17) is 23.2 Å². The van der Waals surface area contributed by atoms with Crippen LogP contribution < -0.4 is 0 Å². The number of aromatic nitrogens is 1. The average Bonchev–Trinajstić information content (AvgIpc) is 2.03. The van der Waals surface area contributed by atoms with Crippen LogP contribution in [0.4, 0.5) is 4.39 Å². The second kappa shape index (κ2) is 3.83. The van der Waals surface area contributed by atoms with Crippen molar-refractivity contribution in [2.24, 2.45) is 0 Å². The molecular formula is C7H4Cl2FNO. The highest BCUT2D eigenvalue weighted by molar-refractivity contribution is 6.31. The highest BCUT2D eigenvalue weighted by atomic mass is 35.5. The fourth-order valence-electron chi connectivity index (χ4n) is 0.683. The van der Waals surface area contributed by atoms with E-state index in [0.717, 1.165) is 6.07 Å². The molecule has 0 N–H and O–H groups in total. The van der Waals surface area contributed by atoms with Gasteiger partial charge in [0.1, 0.15) is 5.69 Å². The number of pyridine rings is 1. The molecule has 12 heavy (non-hydrogen) atoms. The molecule has 5 heteroatoms. The molecule has 0 amide bonds. The van der Waals surface area contributed by atoms with Crippen LogP contribution in [-0.4, -0.2) is 16.6 Å². The van der Waals surface area contributed by atoms with Crippen LogP contribution in [0, 0.1) is 5.82 Å². The lowest BCUT2D eigenvalue weighted by atomic mass is 10.2. The van der Waals surface area contributed by atoms with Crippen LogP contribution >= 0.6 is 23.2 Å². The van der Waals surface area contributed by atoms with Crippen LogP contribution in [0.3, 0.4) is 0 Å². The molecule has 0 unspecified atom stereocenters. The first-order valence-corrected chi connectivity index (χ1v) is 3.96. The summed E-state index contributed by atoms with van der Waals surface area (Å²) in [6, 6.07) is 1.02. The zero-order valence-electron chi connectivity index (χ0n) is 5.85. The number of carbonyl (C=O) groups is 1. The standard InChI is InChI=1S/C7H4Cl2FNO/c8-2-6(12)7-5(10)1-4(9)3-11-7/h1,3H,2H2. The lowest BCUT2D eigenvalue weighted by Crippen LogP contribution is -2.06. The van der Waals surface area contributed by atoms with Crippen molar-refractivity contribution < 1.29 is 9.18 Å². The van der Waals surface area contributed by atoms with E-state index in [9.17, 15) is 9.18 Å². The third-order valence-corrected chi connectivity index (χ3v) is 1.64. The number of halogens is 3. The first kappa shape index (κ1) is 9.42. The average molecular weight is 208 g/mol. The molecule has 2 nitrogen and oxygen atoms in total. The van der Waals surface area contributed by atoms with E-state index in [2.05, 4.69) is 4.98 Å². The molecule has 0 saturated heterocycles. The van der Waals surface area contributed by atoms with Crippen molar-refractivity contribution in [2.45, 2.75) is 0 Å². The summed E-state index contributed by atoms with van der Waals surface area (Å²) < 4.78 is 12.9. The van der Waals surface area contributed by atoms with E-state index in [1.165, 1.54) is 6.20 Å². The molecule has 0 bridgehead atoms. The van der Waals surface area contributed by atoms with Crippen LogP contribution in [0.1, 0.15) is 10.5 Å². The third kappa shape index (κ3) is 1.93. The highest BCUT2D eigenvalue weighted by Crippen LogP contribution is 2.12. The Morgan fingerprint density at radius 2 is 2.33 bits per heavy atom. The molecule has 0 saturated carbocycles. The quantitative estimate of drug-likeness (QED) is 0.551. The van der Waals surface area contributed by atoms with Crippen LogP contribution in [0.5, 0.6) is 0 Å². The molecule has 0 aromatic carbocycles. The summed E-state index contributed by atoms with van der Waals surface area (Å²) in [6.07, 6.45) is 1.20. The highest BCUT2D eigenvalue weighted by Gasteiger charge is 2.11. The smallest absolute Gasteiger partial charge is 0.198 e. The van der Waals surface area contributed by atoms with Gasteiger partial charge in [0.2, 0.25) is 0 Å². The van der Waals surface area contributed by atoms with E-state index in [-0.39, 0.29) is 16.6 Å². The third-order valence-electron chi connectivity index (χ3n) is 1.19. The van der Waals surface area contributed by atoms with Gasteiger partial charge in [-0.25, -0.2) is 9.37 Å². The van der Waals surface area contributed by atoms with Gasteiger partial charge < -0.3 is 0 Å². The number of rotatable bonds is 2. The molecule has 0 aliphatic heterocycles. The van der Waals surface area contributed by atoms with Crippen LogP contribution in [0.25, 0.3) is 0 Å². The zero-order chi connectivity index (χ0) is 9.14. The summed E-state index contributed by atoms with van der Waals surface area (Å²) in [5.41, 5.74) is -0.269. The van der Waals surface area contributed by atoms with E-state index < -0.39 is 11.6 Å². The Morgan fingerprint density at radius 1 is 1.67 bits per heavy atom. The Bertz CT molecular complexity index is 316. The van der Waals surface area contributed by atoms with Crippen molar-refractivity contribution in [1.29, 1.82) is 0 Å². The van der Waals surface area contributed by atoms with E-state index >= 15 is 0 Å². The minimum atomic E-state index is -0.742. The summed E-state index contributed by atoms with van der Waals surface area (Å²) in [5.74, 6) is -1.58. The molecule has 1 aromatic heterocycles. The number of ketones is 1. The second-order valence-electron chi connectivity index (χ2n) is 2.04. The number of nitrogens with zero attached hydrogens (tertiary/aromatic N) is 1. The van der Waals surface area contributed by atoms with Crippen molar-refractivity contribution in [3.8, 4) is 0 Å². The van der Waals surface area contributed by atoms with Crippen LogP contribution in [-0.2, 0) is 0 Å². The lowest BCUT2D eigenvalue weighted by molar-refractivity contribution is 0.101. The van der Waals surface area contributed by atoms with E-state index in [1.807, 2.05) is 0 Å². The lowest BCUT2D eigenvalue weighted by Gasteiger charge is -1.97. The maximum Gasteiger partial charge on any atom is 0.198 e. The predicted molar refractivity (Wildman–Crippen MR) is 44.3 cm³/mol. The molecule has 0 aliphatic carbocycles. The number of Topliss-reactive ketones (excluding diaryl/α,β-unsaturated/α-hetero) is 1. The van der Waals surface area contributed by atoms with Gasteiger partial charge in [-0.15, -0.1) is 11.6 Å². The normalized spacial score (nSPS) is 9.92. The number of hydrogen-bond donors (Lipinski definition) is 0. The number of hydrogen-bond acceptors (Lipinski definition) is 2. The molecule has 64 valence electrons. The van der Waals surface area contributed by atoms with Crippen LogP contribution in [0.2, 0.25) is 5.02 Å². The Morgan fingerprint density at radius 3 is 2.83 bits per heavy atom. The van der Waals surface area contributed by atoms with Gasteiger partial charge in [0.25, 0.3) is 0 Å². The second-order valence-corrected chi connectivity index (χ2v) is 2.74. The van der Waals surface area contributed by atoms with E-state index in [1.54, 1.807) is 0 Å². The number of alkyl halides is 1. The molecule has 1 aromatic rings. The molecule has 0 aliphatic rings. The molecule has 0 radical (unpaired) electrons. The van der Waals surface area contributed by atoms with Crippen LogP contribution in [0.15, 0.2) is 12.3 Å². The fourth-order valence-corrected chi connectivity index (χ4v) is 0.954. The Balaban J connectivity index is 3.09. The molecule has 0 spiro atoms. The summed E-state index contributed by atoms with van der Waals surface area (Å²) >= 11 is 10.6. The van der Waals surface area contributed by atoms with Crippen molar-refractivity contribution in [3.05, 3.63) is 28.8 Å². The molecule has 0 fully saturated rings. The molecule has 1 heterocycles. The summed E-state index contributed by atoms with van der Waals surface area (Å²) in [7, 11) is 0. The monoisotopic (exact) mass is 207 g/mol. The summed E-state index contributed by atoms with van der Waals surface area (Å²) in [4.78, 5) is 14.4. The summed E-state index contributed by atoms with van der Waals surface area (Å²) in [5, 5.41) is 0.152. The minimum Gasteiger partial charge on any atom is -0.291 e. The molecule has 1 rings (SSSR count). The largest absolute Gasteiger partial charge is 0.291 e. The first-order chi connectivity index (χ1) is 5.65.